The van der Waals surface area contributed by atoms with E-state index in [1.807, 2.05) is 0 Å². The SMILES string of the molecule is CCN1C(=O)c2ccc(-c3ccc(C=Nc4ccc(NC(C)=O)cc4)o3)cc2C1=O. The van der Waals surface area contributed by atoms with Crippen molar-refractivity contribution in [3.05, 3.63) is 71.5 Å². The van der Waals surface area contributed by atoms with Crippen LogP contribution in [0.1, 0.15) is 40.3 Å². The molecule has 3 amide bonds. The second-order valence-electron chi connectivity index (χ2n) is 6.80. The Morgan fingerprint density at radius 3 is 2.47 bits per heavy atom. The van der Waals surface area contributed by atoms with E-state index in [-0.39, 0.29) is 17.7 Å². The third kappa shape index (κ3) is 3.65. The minimum absolute atomic E-state index is 0.130. The quantitative estimate of drug-likeness (QED) is 0.510. The van der Waals surface area contributed by atoms with Crippen LogP contribution in [0.3, 0.4) is 0 Å². The van der Waals surface area contributed by atoms with Gasteiger partial charge in [0.25, 0.3) is 11.8 Å². The van der Waals surface area contributed by atoms with E-state index in [1.165, 1.54) is 11.8 Å². The number of fused-ring (bicyclic) bond motifs is 1. The molecule has 2 heterocycles. The lowest BCUT2D eigenvalue weighted by molar-refractivity contribution is -0.114. The number of amides is 3. The third-order valence-corrected chi connectivity index (χ3v) is 4.73. The van der Waals surface area contributed by atoms with E-state index in [4.69, 9.17) is 4.42 Å². The Morgan fingerprint density at radius 2 is 1.77 bits per heavy atom. The Hall–Kier alpha value is -4.00. The van der Waals surface area contributed by atoms with E-state index in [2.05, 4.69) is 10.3 Å². The maximum absolute atomic E-state index is 12.4. The first-order valence-electron chi connectivity index (χ1n) is 9.48. The topological polar surface area (TPSA) is 92.0 Å². The molecule has 0 fully saturated rings. The number of imide groups is 1. The molecule has 1 N–H and O–H groups in total. The number of hydrogen-bond acceptors (Lipinski definition) is 5. The third-order valence-electron chi connectivity index (χ3n) is 4.73. The summed E-state index contributed by atoms with van der Waals surface area (Å²) in [5, 5.41) is 2.70. The molecule has 1 aromatic heterocycles. The molecule has 0 spiro atoms. The fourth-order valence-electron chi connectivity index (χ4n) is 3.28. The van der Waals surface area contributed by atoms with Gasteiger partial charge in [-0.25, -0.2) is 0 Å². The van der Waals surface area contributed by atoms with Gasteiger partial charge in [0, 0.05) is 24.7 Å². The number of rotatable bonds is 5. The van der Waals surface area contributed by atoms with Gasteiger partial charge < -0.3 is 9.73 Å². The molecule has 0 aliphatic carbocycles. The molecule has 150 valence electrons. The van der Waals surface area contributed by atoms with Crippen LogP contribution in [0.2, 0.25) is 0 Å². The van der Waals surface area contributed by atoms with Crippen LogP contribution in [0.5, 0.6) is 0 Å². The molecule has 30 heavy (non-hydrogen) atoms. The summed E-state index contributed by atoms with van der Waals surface area (Å²) in [5.74, 6) is 0.454. The number of anilines is 1. The van der Waals surface area contributed by atoms with Crippen molar-refractivity contribution in [3.8, 4) is 11.3 Å². The summed E-state index contributed by atoms with van der Waals surface area (Å²) in [6.45, 7) is 3.57. The molecule has 0 bridgehead atoms. The number of carbonyl (C=O) groups excluding carboxylic acids is 3. The van der Waals surface area contributed by atoms with Crippen LogP contribution in [0, 0.1) is 0 Å². The lowest BCUT2D eigenvalue weighted by Gasteiger charge is -2.08. The summed E-state index contributed by atoms with van der Waals surface area (Å²) in [6, 6.07) is 15.8. The van der Waals surface area contributed by atoms with E-state index in [0.29, 0.717) is 46.1 Å². The lowest BCUT2D eigenvalue weighted by atomic mass is 10.0. The lowest BCUT2D eigenvalue weighted by Crippen LogP contribution is -2.29. The Balaban J connectivity index is 1.52. The fraction of sp³-hybridized carbons (Fsp3) is 0.130. The van der Waals surface area contributed by atoms with Crippen molar-refractivity contribution in [2.75, 3.05) is 11.9 Å². The van der Waals surface area contributed by atoms with Crippen LogP contribution >= 0.6 is 0 Å². The summed E-state index contributed by atoms with van der Waals surface area (Å²) in [4.78, 5) is 41.3. The molecule has 7 heteroatoms. The first-order chi connectivity index (χ1) is 14.5. The molecule has 1 aliphatic heterocycles. The molecule has 0 saturated heterocycles. The average Bonchev–Trinajstić information content (AvgIpc) is 3.30. The second kappa shape index (κ2) is 7.79. The number of furan rings is 1. The maximum atomic E-state index is 12.4. The molecule has 7 nitrogen and oxygen atoms in total. The molecule has 0 unspecified atom stereocenters. The smallest absolute Gasteiger partial charge is 0.261 e. The summed E-state index contributed by atoms with van der Waals surface area (Å²) in [6.07, 6.45) is 1.60. The molecule has 0 atom stereocenters. The maximum Gasteiger partial charge on any atom is 0.261 e. The van der Waals surface area contributed by atoms with Gasteiger partial charge in [-0.2, -0.15) is 0 Å². The van der Waals surface area contributed by atoms with E-state index in [0.717, 1.165) is 0 Å². The largest absolute Gasteiger partial charge is 0.455 e. The first kappa shape index (κ1) is 19.3. The van der Waals surface area contributed by atoms with Crippen LogP contribution in [0.25, 0.3) is 11.3 Å². The van der Waals surface area contributed by atoms with Crippen LogP contribution in [-0.4, -0.2) is 35.4 Å². The monoisotopic (exact) mass is 401 g/mol. The molecule has 3 aromatic rings. The molecule has 1 aliphatic rings. The van der Waals surface area contributed by atoms with Gasteiger partial charge in [-0.3, -0.25) is 24.3 Å². The summed E-state index contributed by atoms with van der Waals surface area (Å²) in [7, 11) is 0. The van der Waals surface area contributed by atoms with E-state index in [1.54, 1.807) is 67.7 Å². The van der Waals surface area contributed by atoms with Gasteiger partial charge in [-0.05, 0) is 55.5 Å². The van der Waals surface area contributed by atoms with Crippen molar-refractivity contribution in [1.82, 2.24) is 4.90 Å². The normalized spacial score (nSPS) is 13.2. The van der Waals surface area contributed by atoms with Gasteiger partial charge in [-0.1, -0.05) is 6.07 Å². The standard InChI is InChI=1S/C23H19N3O4/c1-3-26-22(28)19-10-4-15(12-20(19)23(26)29)21-11-9-18(30-21)13-24-16-5-7-17(8-6-16)25-14(2)27/h4-13H,3H2,1-2H3,(H,25,27). The van der Waals surface area contributed by atoms with E-state index >= 15 is 0 Å². The van der Waals surface area contributed by atoms with Gasteiger partial charge in [-0.15, -0.1) is 0 Å². The van der Waals surface area contributed by atoms with Crippen molar-refractivity contribution >= 4 is 35.3 Å². The Kier molecular flexibility index (Phi) is 5.02. The van der Waals surface area contributed by atoms with Crippen molar-refractivity contribution in [2.45, 2.75) is 13.8 Å². The molecular formula is C23H19N3O4. The van der Waals surface area contributed by atoms with Crippen molar-refractivity contribution in [2.24, 2.45) is 4.99 Å². The molecule has 2 aromatic carbocycles. The van der Waals surface area contributed by atoms with Crippen molar-refractivity contribution in [3.63, 3.8) is 0 Å². The second-order valence-corrected chi connectivity index (χ2v) is 6.80. The summed E-state index contributed by atoms with van der Waals surface area (Å²) in [5.41, 5.74) is 2.94. The number of nitrogens with one attached hydrogen (secondary N) is 1. The zero-order valence-corrected chi connectivity index (χ0v) is 16.5. The Bertz CT molecular complexity index is 1180. The zero-order chi connectivity index (χ0) is 21.3. The Morgan fingerprint density at radius 1 is 1.03 bits per heavy atom. The van der Waals surface area contributed by atoms with Gasteiger partial charge in [0.05, 0.1) is 23.0 Å². The Labute approximate surface area is 173 Å². The van der Waals surface area contributed by atoms with E-state index < -0.39 is 0 Å². The zero-order valence-electron chi connectivity index (χ0n) is 16.5. The fourth-order valence-corrected chi connectivity index (χ4v) is 3.28. The highest BCUT2D eigenvalue weighted by atomic mass is 16.3. The van der Waals surface area contributed by atoms with Gasteiger partial charge >= 0.3 is 0 Å². The van der Waals surface area contributed by atoms with Crippen LogP contribution in [-0.2, 0) is 4.79 Å². The van der Waals surface area contributed by atoms with Crippen LogP contribution in [0.15, 0.2) is 64.0 Å². The molecule has 0 saturated carbocycles. The minimum atomic E-state index is -0.282. The molecular weight excluding hydrogens is 382 g/mol. The summed E-state index contributed by atoms with van der Waals surface area (Å²) >= 11 is 0. The highest BCUT2D eigenvalue weighted by Gasteiger charge is 2.34. The molecule has 0 radical (unpaired) electrons. The van der Waals surface area contributed by atoms with Gasteiger partial charge in [0.2, 0.25) is 5.91 Å². The minimum Gasteiger partial charge on any atom is -0.455 e. The number of nitrogens with zero attached hydrogens (tertiary/aromatic N) is 2. The van der Waals surface area contributed by atoms with Crippen LogP contribution in [0.4, 0.5) is 11.4 Å². The number of aliphatic imine (C=N–C) groups is 1. The molecule has 4 rings (SSSR count). The predicted octanol–water partition coefficient (Wildman–Crippen LogP) is 4.27. The predicted molar refractivity (Wildman–Crippen MR) is 113 cm³/mol. The van der Waals surface area contributed by atoms with E-state index in [9.17, 15) is 14.4 Å². The number of hydrogen-bond donors (Lipinski definition) is 1. The number of carbonyl (C=O) groups is 3. The van der Waals surface area contributed by atoms with Gasteiger partial charge in [0.1, 0.15) is 11.5 Å². The highest BCUT2D eigenvalue weighted by Crippen LogP contribution is 2.29. The number of benzene rings is 2. The highest BCUT2D eigenvalue weighted by molar-refractivity contribution is 6.21. The van der Waals surface area contributed by atoms with Crippen molar-refractivity contribution < 1.29 is 18.8 Å². The average molecular weight is 401 g/mol. The van der Waals surface area contributed by atoms with Crippen LogP contribution < -0.4 is 5.32 Å². The van der Waals surface area contributed by atoms with Crippen molar-refractivity contribution in [1.29, 1.82) is 0 Å². The first-order valence-corrected chi connectivity index (χ1v) is 9.48. The van der Waals surface area contributed by atoms with Gasteiger partial charge in [0.15, 0.2) is 0 Å². The summed E-state index contributed by atoms with van der Waals surface area (Å²) < 4.78 is 5.83.